The molecule has 13 heavy (non-hydrogen) atoms. The van der Waals surface area contributed by atoms with E-state index in [0.29, 0.717) is 5.56 Å². The molecule has 1 aromatic carbocycles. The zero-order chi connectivity index (χ0) is 9.84. The van der Waals surface area contributed by atoms with Gasteiger partial charge >= 0.3 is 0 Å². The third-order valence-corrected chi connectivity index (χ3v) is 2.21. The molecule has 0 aliphatic carbocycles. The van der Waals surface area contributed by atoms with E-state index in [4.69, 9.17) is 5.73 Å². The predicted octanol–water partition coefficient (Wildman–Crippen LogP) is 1.25. The number of aliphatic hydroxyl groups excluding tert-OH is 1. The first-order valence-corrected chi connectivity index (χ1v) is 4.29. The molecule has 2 nitrogen and oxygen atoms in total. The molecule has 0 spiro atoms. The van der Waals surface area contributed by atoms with Gasteiger partial charge in [-0.3, -0.25) is 0 Å². The van der Waals surface area contributed by atoms with Crippen molar-refractivity contribution in [3.05, 3.63) is 35.6 Å². The van der Waals surface area contributed by atoms with Crippen molar-refractivity contribution in [2.24, 2.45) is 5.73 Å². The summed E-state index contributed by atoms with van der Waals surface area (Å²) in [5.74, 6) is -0.548. The van der Waals surface area contributed by atoms with Gasteiger partial charge in [-0.25, -0.2) is 4.39 Å². The van der Waals surface area contributed by atoms with Crippen molar-refractivity contribution >= 4 is 0 Å². The van der Waals surface area contributed by atoms with Crippen molar-refractivity contribution in [1.82, 2.24) is 0 Å². The standard InChI is InChI=1S/C10H14FNO/c1-7(10(13)6-12)8-4-2-3-5-9(8)11/h2-5,7,10,13H,6,12H2,1H3. The average molecular weight is 183 g/mol. The van der Waals surface area contributed by atoms with Crippen LogP contribution in [0.25, 0.3) is 0 Å². The van der Waals surface area contributed by atoms with Crippen molar-refractivity contribution in [2.75, 3.05) is 6.54 Å². The highest BCUT2D eigenvalue weighted by Gasteiger charge is 2.17. The van der Waals surface area contributed by atoms with Gasteiger partial charge in [-0.1, -0.05) is 25.1 Å². The number of hydrogen-bond donors (Lipinski definition) is 2. The average Bonchev–Trinajstić information content (AvgIpc) is 2.16. The van der Waals surface area contributed by atoms with Crippen LogP contribution < -0.4 is 5.73 Å². The zero-order valence-corrected chi connectivity index (χ0v) is 7.57. The van der Waals surface area contributed by atoms with Crippen molar-refractivity contribution in [3.8, 4) is 0 Å². The minimum atomic E-state index is -0.683. The highest BCUT2D eigenvalue weighted by atomic mass is 19.1. The predicted molar refractivity (Wildman–Crippen MR) is 49.9 cm³/mol. The fourth-order valence-corrected chi connectivity index (χ4v) is 1.26. The second-order valence-electron chi connectivity index (χ2n) is 3.11. The van der Waals surface area contributed by atoms with Crippen LogP contribution in [0.5, 0.6) is 0 Å². The SMILES string of the molecule is CC(c1ccccc1F)C(O)CN. The van der Waals surface area contributed by atoms with Gasteiger partial charge in [0.1, 0.15) is 5.82 Å². The summed E-state index contributed by atoms with van der Waals surface area (Å²) >= 11 is 0. The Kier molecular flexibility index (Phi) is 3.39. The Morgan fingerprint density at radius 3 is 2.62 bits per heavy atom. The number of hydrogen-bond acceptors (Lipinski definition) is 2. The monoisotopic (exact) mass is 183 g/mol. The molecule has 3 N–H and O–H groups in total. The lowest BCUT2D eigenvalue weighted by Crippen LogP contribution is -2.26. The molecule has 0 saturated carbocycles. The van der Waals surface area contributed by atoms with E-state index in [-0.39, 0.29) is 18.3 Å². The summed E-state index contributed by atoms with van der Waals surface area (Å²) in [6.45, 7) is 1.91. The Hall–Kier alpha value is -0.930. The highest BCUT2D eigenvalue weighted by molar-refractivity contribution is 5.22. The first-order chi connectivity index (χ1) is 6.16. The van der Waals surface area contributed by atoms with Crippen LogP contribution in [-0.2, 0) is 0 Å². The van der Waals surface area contributed by atoms with Crippen molar-refractivity contribution in [1.29, 1.82) is 0 Å². The quantitative estimate of drug-likeness (QED) is 0.740. The summed E-state index contributed by atoms with van der Waals surface area (Å²) in [4.78, 5) is 0. The smallest absolute Gasteiger partial charge is 0.126 e. The van der Waals surface area contributed by atoms with Gasteiger partial charge in [-0.15, -0.1) is 0 Å². The van der Waals surface area contributed by atoms with Crippen LogP contribution in [0.3, 0.4) is 0 Å². The molecule has 0 saturated heterocycles. The Morgan fingerprint density at radius 1 is 1.46 bits per heavy atom. The van der Waals surface area contributed by atoms with Crippen LogP contribution in [0.2, 0.25) is 0 Å². The molecule has 0 bridgehead atoms. The number of benzene rings is 1. The third-order valence-electron chi connectivity index (χ3n) is 2.21. The summed E-state index contributed by atoms with van der Waals surface area (Å²) in [7, 11) is 0. The van der Waals surface area contributed by atoms with Crippen molar-refractivity contribution in [3.63, 3.8) is 0 Å². The molecule has 0 fully saturated rings. The summed E-state index contributed by atoms with van der Waals surface area (Å²) in [5, 5.41) is 9.41. The Bertz CT molecular complexity index is 277. The molecular formula is C10H14FNO. The summed E-state index contributed by atoms with van der Waals surface area (Å²) in [5.41, 5.74) is 5.80. The second-order valence-corrected chi connectivity index (χ2v) is 3.11. The van der Waals surface area contributed by atoms with E-state index in [1.807, 2.05) is 0 Å². The molecule has 1 aromatic rings. The van der Waals surface area contributed by atoms with Gasteiger partial charge in [0.25, 0.3) is 0 Å². The lowest BCUT2D eigenvalue weighted by atomic mass is 9.95. The Morgan fingerprint density at radius 2 is 2.08 bits per heavy atom. The molecule has 2 unspecified atom stereocenters. The van der Waals surface area contributed by atoms with Crippen LogP contribution in [0, 0.1) is 5.82 Å². The molecule has 0 aliphatic rings. The molecule has 2 atom stereocenters. The van der Waals surface area contributed by atoms with E-state index in [1.54, 1.807) is 25.1 Å². The number of aliphatic hydroxyl groups is 1. The van der Waals surface area contributed by atoms with Gasteiger partial charge < -0.3 is 10.8 Å². The van der Waals surface area contributed by atoms with Crippen LogP contribution in [0.4, 0.5) is 4.39 Å². The minimum Gasteiger partial charge on any atom is -0.391 e. The molecule has 72 valence electrons. The maximum absolute atomic E-state index is 13.2. The topological polar surface area (TPSA) is 46.2 Å². The maximum atomic E-state index is 13.2. The normalized spacial score (nSPS) is 15.4. The summed E-state index contributed by atoms with van der Waals surface area (Å²) < 4.78 is 13.2. The van der Waals surface area contributed by atoms with E-state index in [0.717, 1.165) is 0 Å². The Balaban J connectivity index is 2.88. The van der Waals surface area contributed by atoms with E-state index >= 15 is 0 Å². The first kappa shape index (κ1) is 10.2. The molecule has 0 heterocycles. The van der Waals surface area contributed by atoms with Gasteiger partial charge in [0.2, 0.25) is 0 Å². The fraction of sp³-hybridized carbons (Fsp3) is 0.400. The third kappa shape index (κ3) is 2.26. The van der Waals surface area contributed by atoms with Crippen molar-refractivity contribution < 1.29 is 9.50 Å². The van der Waals surface area contributed by atoms with Gasteiger partial charge in [0, 0.05) is 12.5 Å². The fourth-order valence-electron chi connectivity index (χ4n) is 1.26. The molecular weight excluding hydrogens is 169 g/mol. The molecule has 0 aromatic heterocycles. The van der Waals surface area contributed by atoms with Crippen molar-refractivity contribution in [2.45, 2.75) is 18.9 Å². The summed E-state index contributed by atoms with van der Waals surface area (Å²) in [6.07, 6.45) is -0.683. The van der Waals surface area contributed by atoms with E-state index < -0.39 is 6.10 Å². The van der Waals surface area contributed by atoms with Crippen LogP contribution in [0.15, 0.2) is 24.3 Å². The van der Waals surface area contributed by atoms with Crippen LogP contribution in [-0.4, -0.2) is 17.8 Å². The summed E-state index contributed by atoms with van der Waals surface area (Å²) in [6, 6.07) is 6.42. The zero-order valence-electron chi connectivity index (χ0n) is 7.57. The number of rotatable bonds is 3. The van der Waals surface area contributed by atoms with Gasteiger partial charge in [0.05, 0.1) is 6.10 Å². The van der Waals surface area contributed by atoms with Crippen LogP contribution >= 0.6 is 0 Å². The maximum Gasteiger partial charge on any atom is 0.126 e. The Labute approximate surface area is 77.2 Å². The lowest BCUT2D eigenvalue weighted by Gasteiger charge is -2.17. The minimum absolute atomic E-state index is 0.148. The largest absolute Gasteiger partial charge is 0.391 e. The van der Waals surface area contributed by atoms with Gasteiger partial charge in [-0.05, 0) is 11.6 Å². The van der Waals surface area contributed by atoms with Crippen LogP contribution in [0.1, 0.15) is 18.4 Å². The van der Waals surface area contributed by atoms with Gasteiger partial charge in [-0.2, -0.15) is 0 Å². The number of halogens is 1. The first-order valence-electron chi connectivity index (χ1n) is 4.29. The highest BCUT2D eigenvalue weighted by Crippen LogP contribution is 2.21. The molecule has 0 aliphatic heterocycles. The van der Waals surface area contributed by atoms with E-state index in [1.165, 1.54) is 6.07 Å². The van der Waals surface area contributed by atoms with E-state index in [2.05, 4.69) is 0 Å². The van der Waals surface area contributed by atoms with E-state index in [9.17, 15) is 9.50 Å². The number of nitrogens with two attached hydrogens (primary N) is 1. The molecule has 1 rings (SSSR count). The second kappa shape index (κ2) is 4.35. The molecule has 0 radical (unpaired) electrons. The lowest BCUT2D eigenvalue weighted by molar-refractivity contribution is 0.156. The molecule has 3 heteroatoms. The van der Waals surface area contributed by atoms with Gasteiger partial charge in [0.15, 0.2) is 0 Å². The molecule has 0 amide bonds.